The van der Waals surface area contributed by atoms with E-state index in [0.717, 1.165) is 40.7 Å². The van der Waals surface area contributed by atoms with Crippen LogP contribution in [0, 0.1) is 0 Å². The van der Waals surface area contributed by atoms with Gasteiger partial charge >= 0.3 is 0 Å². The number of hydrogen-bond donors (Lipinski definition) is 2. The van der Waals surface area contributed by atoms with Crippen LogP contribution in [-0.4, -0.2) is 19.1 Å². The molecule has 1 amide bonds. The van der Waals surface area contributed by atoms with E-state index in [1.165, 1.54) is 5.56 Å². The zero-order valence-electron chi connectivity index (χ0n) is 17.4. The maximum atomic E-state index is 12.4. The highest BCUT2D eigenvalue weighted by atomic mass is 16.5. The number of anilines is 2. The molecule has 0 aliphatic heterocycles. The van der Waals surface area contributed by atoms with Gasteiger partial charge in [0.05, 0.1) is 13.2 Å². The molecule has 0 saturated carbocycles. The number of fused-ring (bicyclic) bond motifs is 1. The molecular weight excluding hydrogens is 384 g/mol. The van der Waals surface area contributed by atoms with Crippen molar-refractivity contribution in [2.45, 2.75) is 12.8 Å². The van der Waals surface area contributed by atoms with E-state index in [4.69, 9.17) is 4.74 Å². The molecule has 0 fully saturated rings. The van der Waals surface area contributed by atoms with Crippen molar-refractivity contribution >= 4 is 28.1 Å². The van der Waals surface area contributed by atoms with Crippen LogP contribution >= 0.6 is 0 Å². The van der Waals surface area contributed by atoms with Crippen molar-refractivity contribution in [1.82, 2.24) is 0 Å². The van der Waals surface area contributed by atoms with Gasteiger partial charge in [0, 0.05) is 16.8 Å². The van der Waals surface area contributed by atoms with Crippen molar-refractivity contribution < 1.29 is 9.53 Å². The highest BCUT2D eigenvalue weighted by molar-refractivity contribution is 6.03. The van der Waals surface area contributed by atoms with Crippen LogP contribution in [0.2, 0.25) is 0 Å². The molecule has 4 aromatic carbocycles. The zero-order valence-corrected chi connectivity index (χ0v) is 17.4. The smallest absolute Gasteiger partial charge is 0.243 e. The number of aryl methyl sites for hydroxylation is 1. The van der Waals surface area contributed by atoms with Gasteiger partial charge in [-0.05, 0) is 54.1 Å². The van der Waals surface area contributed by atoms with Gasteiger partial charge in [-0.15, -0.1) is 0 Å². The van der Waals surface area contributed by atoms with Gasteiger partial charge in [0.1, 0.15) is 5.75 Å². The summed E-state index contributed by atoms with van der Waals surface area (Å²) in [5.74, 6) is 0.747. The number of ether oxygens (including phenoxy) is 1. The second-order valence-corrected chi connectivity index (χ2v) is 7.39. The average molecular weight is 411 g/mol. The minimum Gasteiger partial charge on any atom is -0.494 e. The van der Waals surface area contributed by atoms with Crippen molar-refractivity contribution in [3.8, 4) is 5.75 Å². The lowest BCUT2D eigenvalue weighted by Gasteiger charge is -2.11. The predicted octanol–water partition coefficient (Wildman–Crippen LogP) is 5.90. The Labute approximate surface area is 182 Å². The van der Waals surface area contributed by atoms with Gasteiger partial charge < -0.3 is 15.4 Å². The monoisotopic (exact) mass is 410 g/mol. The summed E-state index contributed by atoms with van der Waals surface area (Å²) in [5.41, 5.74) is 3.03. The number of carbonyl (C=O) groups is 1. The molecule has 31 heavy (non-hydrogen) atoms. The van der Waals surface area contributed by atoms with E-state index in [0.29, 0.717) is 6.61 Å². The summed E-state index contributed by atoms with van der Waals surface area (Å²) in [5, 5.41) is 8.29. The molecular formula is C27H26N2O2. The molecule has 4 aromatic rings. The van der Waals surface area contributed by atoms with E-state index in [1.807, 2.05) is 72.8 Å². The first-order valence-corrected chi connectivity index (χ1v) is 10.6. The van der Waals surface area contributed by atoms with Crippen LogP contribution in [0.4, 0.5) is 11.4 Å². The zero-order chi connectivity index (χ0) is 21.3. The first kappa shape index (κ1) is 20.5. The molecule has 0 spiro atoms. The third-order valence-electron chi connectivity index (χ3n) is 5.09. The van der Waals surface area contributed by atoms with Crippen molar-refractivity contribution in [1.29, 1.82) is 0 Å². The number of rotatable bonds is 9. The molecule has 156 valence electrons. The molecule has 0 aliphatic carbocycles. The molecule has 4 rings (SSSR count). The summed E-state index contributed by atoms with van der Waals surface area (Å²) in [6.45, 7) is 0.871. The molecule has 4 heteroatoms. The van der Waals surface area contributed by atoms with E-state index in [9.17, 15) is 4.79 Å². The quantitative estimate of drug-likeness (QED) is 0.338. The molecule has 0 radical (unpaired) electrons. The first-order chi connectivity index (χ1) is 15.3. The van der Waals surface area contributed by atoms with Crippen LogP contribution in [0.1, 0.15) is 12.0 Å². The maximum absolute atomic E-state index is 12.4. The van der Waals surface area contributed by atoms with E-state index < -0.39 is 0 Å². The van der Waals surface area contributed by atoms with Gasteiger partial charge in [0.15, 0.2) is 0 Å². The highest BCUT2D eigenvalue weighted by Gasteiger charge is 2.06. The van der Waals surface area contributed by atoms with Gasteiger partial charge in [0.25, 0.3) is 0 Å². The molecule has 0 saturated heterocycles. The summed E-state index contributed by atoms with van der Waals surface area (Å²) < 4.78 is 5.82. The topological polar surface area (TPSA) is 50.4 Å². The second kappa shape index (κ2) is 10.3. The van der Waals surface area contributed by atoms with Gasteiger partial charge in [-0.1, -0.05) is 66.7 Å². The Balaban J connectivity index is 1.22. The van der Waals surface area contributed by atoms with Crippen LogP contribution in [-0.2, 0) is 11.2 Å². The number of benzene rings is 4. The van der Waals surface area contributed by atoms with Gasteiger partial charge in [-0.2, -0.15) is 0 Å². The second-order valence-electron chi connectivity index (χ2n) is 7.39. The summed E-state index contributed by atoms with van der Waals surface area (Å²) in [6, 6.07) is 32.0. The van der Waals surface area contributed by atoms with Gasteiger partial charge in [-0.25, -0.2) is 0 Å². The Morgan fingerprint density at radius 2 is 1.52 bits per heavy atom. The van der Waals surface area contributed by atoms with Crippen LogP contribution in [0.25, 0.3) is 10.8 Å². The van der Waals surface area contributed by atoms with E-state index in [1.54, 1.807) is 0 Å². The third kappa shape index (κ3) is 5.86. The Kier molecular flexibility index (Phi) is 6.81. The fraction of sp³-hybridized carbons (Fsp3) is 0.148. The van der Waals surface area contributed by atoms with E-state index in [2.05, 4.69) is 34.9 Å². The number of carbonyl (C=O) groups excluding carboxylic acids is 1. The van der Waals surface area contributed by atoms with Crippen LogP contribution in [0.5, 0.6) is 5.75 Å². The van der Waals surface area contributed by atoms with E-state index >= 15 is 0 Å². The lowest BCUT2D eigenvalue weighted by molar-refractivity contribution is -0.114. The van der Waals surface area contributed by atoms with Crippen LogP contribution in [0.3, 0.4) is 0 Å². The molecule has 0 bridgehead atoms. The van der Waals surface area contributed by atoms with E-state index in [-0.39, 0.29) is 12.5 Å². The largest absolute Gasteiger partial charge is 0.494 e. The number of amides is 1. The standard InChI is InChI=1S/C27H26N2O2/c30-27(29-26-14-6-12-22-11-4-5-13-25(22)26)20-28-23-15-17-24(18-16-23)31-19-7-10-21-8-2-1-3-9-21/h1-6,8-9,11-18,28H,7,10,19-20H2,(H,29,30). The molecule has 0 aromatic heterocycles. The predicted molar refractivity (Wildman–Crippen MR) is 128 cm³/mol. The molecule has 0 atom stereocenters. The summed E-state index contributed by atoms with van der Waals surface area (Å²) in [7, 11) is 0. The Hall–Kier alpha value is -3.79. The van der Waals surface area contributed by atoms with Gasteiger partial charge in [-0.3, -0.25) is 4.79 Å². The fourth-order valence-corrected chi connectivity index (χ4v) is 3.49. The summed E-state index contributed by atoms with van der Waals surface area (Å²) in [4.78, 5) is 12.4. The normalized spacial score (nSPS) is 10.6. The molecule has 0 heterocycles. The minimum absolute atomic E-state index is 0.0856. The Bertz CT molecular complexity index is 1120. The highest BCUT2D eigenvalue weighted by Crippen LogP contribution is 2.23. The Morgan fingerprint density at radius 3 is 2.35 bits per heavy atom. The fourth-order valence-electron chi connectivity index (χ4n) is 3.49. The SMILES string of the molecule is O=C(CNc1ccc(OCCCc2ccccc2)cc1)Nc1cccc2ccccc12. The van der Waals surface area contributed by atoms with Crippen molar-refractivity contribution in [2.24, 2.45) is 0 Å². The first-order valence-electron chi connectivity index (χ1n) is 10.6. The molecule has 0 unspecified atom stereocenters. The summed E-state index contributed by atoms with van der Waals surface area (Å²) >= 11 is 0. The van der Waals surface area contributed by atoms with Crippen LogP contribution < -0.4 is 15.4 Å². The summed E-state index contributed by atoms with van der Waals surface area (Å²) in [6.07, 6.45) is 1.98. The van der Waals surface area contributed by atoms with Gasteiger partial charge in [0.2, 0.25) is 5.91 Å². The molecule has 0 aliphatic rings. The Morgan fingerprint density at radius 1 is 0.774 bits per heavy atom. The number of nitrogens with one attached hydrogen (secondary N) is 2. The molecule has 2 N–H and O–H groups in total. The molecule has 4 nitrogen and oxygen atoms in total. The van der Waals surface area contributed by atoms with Crippen molar-refractivity contribution in [2.75, 3.05) is 23.8 Å². The van der Waals surface area contributed by atoms with Crippen molar-refractivity contribution in [3.63, 3.8) is 0 Å². The lowest BCUT2D eigenvalue weighted by Crippen LogP contribution is -2.21. The third-order valence-corrected chi connectivity index (χ3v) is 5.09. The lowest BCUT2D eigenvalue weighted by atomic mass is 10.1. The van der Waals surface area contributed by atoms with Crippen molar-refractivity contribution in [3.05, 3.63) is 103 Å². The minimum atomic E-state index is -0.0856. The number of hydrogen-bond acceptors (Lipinski definition) is 3. The maximum Gasteiger partial charge on any atom is 0.243 e. The van der Waals surface area contributed by atoms with Crippen LogP contribution in [0.15, 0.2) is 97.1 Å². The average Bonchev–Trinajstić information content (AvgIpc) is 2.82.